The van der Waals surface area contributed by atoms with Crippen molar-refractivity contribution in [2.45, 2.75) is 70.8 Å². The summed E-state index contributed by atoms with van der Waals surface area (Å²) in [6, 6.07) is 7.44. The third-order valence-electron chi connectivity index (χ3n) is 4.66. The third-order valence-corrected chi connectivity index (χ3v) is 4.66. The largest absolute Gasteiger partial charge is 0.465 e. The first-order valence-corrected chi connectivity index (χ1v) is 9.69. The summed E-state index contributed by atoms with van der Waals surface area (Å²) in [5.41, 5.74) is 8.15. The van der Waals surface area contributed by atoms with E-state index in [4.69, 9.17) is 10.5 Å². The van der Waals surface area contributed by atoms with Crippen LogP contribution in [-0.4, -0.2) is 23.6 Å². The van der Waals surface area contributed by atoms with E-state index in [0.29, 0.717) is 13.0 Å². The van der Waals surface area contributed by atoms with Gasteiger partial charge in [-0.1, -0.05) is 70.1 Å². The first kappa shape index (κ1) is 19.5. The van der Waals surface area contributed by atoms with Crippen molar-refractivity contribution in [3.63, 3.8) is 0 Å². The molecule has 0 aliphatic carbocycles. The van der Waals surface area contributed by atoms with Crippen LogP contribution < -0.4 is 5.73 Å². The summed E-state index contributed by atoms with van der Waals surface area (Å²) in [6.07, 6.45) is 12.3. The zero-order valence-electron chi connectivity index (χ0n) is 15.4. The topological polar surface area (TPSA) is 68.1 Å². The molecule has 3 N–H and O–H groups in total. The first-order chi connectivity index (χ1) is 12.2. The average Bonchev–Trinajstić information content (AvgIpc) is 3.03. The number of nitrogens with two attached hydrogens (primary N) is 1. The van der Waals surface area contributed by atoms with E-state index in [0.717, 1.165) is 29.3 Å². The fourth-order valence-electron chi connectivity index (χ4n) is 3.14. The molecule has 0 bridgehead atoms. The number of nitrogens with one attached hydrogen (secondary N) is 1. The van der Waals surface area contributed by atoms with E-state index >= 15 is 0 Å². The maximum atomic E-state index is 12.1. The number of H-pyrrole nitrogens is 1. The second kappa shape index (κ2) is 10.9. The van der Waals surface area contributed by atoms with Gasteiger partial charge in [0.2, 0.25) is 0 Å². The number of rotatable bonds is 12. The molecule has 0 radical (unpaired) electrons. The van der Waals surface area contributed by atoms with E-state index in [9.17, 15) is 4.79 Å². The normalized spacial score (nSPS) is 12.4. The van der Waals surface area contributed by atoms with Gasteiger partial charge in [-0.2, -0.15) is 0 Å². The lowest BCUT2D eigenvalue weighted by atomic mass is 10.1. The van der Waals surface area contributed by atoms with Crippen molar-refractivity contribution in [3.8, 4) is 0 Å². The molecular formula is C21H32N2O2. The second-order valence-corrected chi connectivity index (χ2v) is 6.81. The lowest BCUT2D eigenvalue weighted by Crippen LogP contribution is -2.34. The molecule has 2 rings (SSSR count). The molecule has 1 atom stereocenters. The molecule has 4 heteroatoms. The summed E-state index contributed by atoms with van der Waals surface area (Å²) < 4.78 is 5.34. The van der Waals surface area contributed by atoms with E-state index in [1.165, 1.54) is 38.5 Å². The molecule has 0 fully saturated rings. The smallest absolute Gasteiger partial charge is 0.323 e. The predicted molar refractivity (Wildman–Crippen MR) is 104 cm³/mol. The number of benzene rings is 1. The molecule has 1 heterocycles. The van der Waals surface area contributed by atoms with Crippen LogP contribution in [0.1, 0.15) is 63.9 Å². The van der Waals surface area contributed by atoms with Crippen LogP contribution in [0.25, 0.3) is 10.9 Å². The Morgan fingerprint density at radius 2 is 1.76 bits per heavy atom. The maximum absolute atomic E-state index is 12.1. The Hall–Kier alpha value is -1.81. The van der Waals surface area contributed by atoms with Crippen LogP contribution in [0, 0.1) is 0 Å². The number of carbonyl (C=O) groups excluding carboxylic acids is 1. The monoisotopic (exact) mass is 344 g/mol. The van der Waals surface area contributed by atoms with Crippen molar-refractivity contribution in [2.24, 2.45) is 5.73 Å². The van der Waals surface area contributed by atoms with Crippen LogP contribution in [0.3, 0.4) is 0 Å². The standard InChI is InChI=1S/C21H32N2O2/c1-2-3-4-5-6-7-8-11-14-25-21(24)19(22)15-17-16-23-20-13-10-9-12-18(17)20/h9-10,12-13,16,19,23H,2-8,11,14-15,22H2,1H3/t19-/m0/s1. The number of fused-ring (bicyclic) bond motifs is 1. The summed E-state index contributed by atoms with van der Waals surface area (Å²) in [5, 5.41) is 1.12. The first-order valence-electron chi connectivity index (χ1n) is 9.69. The zero-order valence-corrected chi connectivity index (χ0v) is 15.4. The number of aromatic amines is 1. The molecule has 0 saturated heterocycles. The number of esters is 1. The van der Waals surface area contributed by atoms with Gasteiger partial charge in [0.1, 0.15) is 6.04 Å². The van der Waals surface area contributed by atoms with Crippen molar-refractivity contribution in [1.29, 1.82) is 0 Å². The SMILES string of the molecule is CCCCCCCCCCOC(=O)[C@@H](N)Cc1c[nH]c2ccccc12. The van der Waals surface area contributed by atoms with Gasteiger partial charge in [-0.3, -0.25) is 4.79 Å². The summed E-state index contributed by atoms with van der Waals surface area (Å²) in [5.74, 6) is -0.298. The lowest BCUT2D eigenvalue weighted by molar-refractivity contribution is -0.145. The molecule has 1 aromatic carbocycles. The number of hydrogen-bond acceptors (Lipinski definition) is 3. The number of ether oxygens (including phenoxy) is 1. The van der Waals surface area contributed by atoms with Gasteiger partial charge in [-0.15, -0.1) is 0 Å². The Kier molecular flexibility index (Phi) is 8.53. The highest BCUT2D eigenvalue weighted by atomic mass is 16.5. The molecule has 0 aliphatic rings. The minimum absolute atomic E-state index is 0.298. The molecule has 0 amide bonds. The summed E-state index contributed by atoms with van der Waals surface area (Å²) in [6.45, 7) is 2.72. The average molecular weight is 344 g/mol. The molecule has 0 spiro atoms. The highest BCUT2D eigenvalue weighted by Crippen LogP contribution is 2.19. The van der Waals surface area contributed by atoms with Gasteiger partial charge < -0.3 is 15.5 Å². The van der Waals surface area contributed by atoms with E-state index in [1.54, 1.807) is 0 Å². The molecule has 1 aromatic heterocycles. The Bertz CT molecular complexity index is 636. The highest BCUT2D eigenvalue weighted by molar-refractivity contribution is 5.84. The Morgan fingerprint density at radius 1 is 1.08 bits per heavy atom. The molecule has 4 nitrogen and oxygen atoms in total. The van der Waals surface area contributed by atoms with Crippen molar-refractivity contribution in [2.75, 3.05) is 6.61 Å². The van der Waals surface area contributed by atoms with Crippen LogP contribution in [-0.2, 0) is 16.0 Å². The fourth-order valence-corrected chi connectivity index (χ4v) is 3.14. The van der Waals surface area contributed by atoms with E-state index < -0.39 is 6.04 Å². The van der Waals surface area contributed by atoms with E-state index in [1.807, 2.05) is 30.5 Å². The molecule has 0 unspecified atom stereocenters. The van der Waals surface area contributed by atoms with Crippen molar-refractivity contribution < 1.29 is 9.53 Å². The van der Waals surface area contributed by atoms with Crippen LogP contribution in [0.5, 0.6) is 0 Å². The van der Waals surface area contributed by atoms with Gasteiger partial charge >= 0.3 is 5.97 Å². The van der Waals surface area contributed by atoms with E-state index in [2.05, 4.69) is 11.9 Å². The van der Waals surface area contributed by atoms with Gasteiger partial charge in [-0.25, -0.2) is 0 Å². The van der Waals surface area contributed by atoms with Crippen LogP contribution in [0.2, 0.25) is 0 Å². The van der Waals surface area contributed by atoms with Crippen molar-refractivity contribution in [3.05, 3.63) is 36.0 Å². The molecule has 0 saturated carbocycles. The van der Waals surface area contributed by atoms with Gasteiger partial charge in [0.25, 0.3) is 0 Å². The molecule has 25 heavy (non-hydrogen) atoms. The summed E-state index contributed by atoms with van der Waals surface area (Å²) >= 11 is 0. The summed E-state index contributed by atoms with van der Waals surface area (Å²) in [7, 11) is 0. The molecule has 2 aromatic rings. The Balaban J connectivity index is 1.61. The van der Waals surface area contributed by atoms with Gasteiger partial charge in [-0.05, 0) is 18.1 Å². The summed E-state index contributed by atoms with van der Waals surface area (Å²) in [4.78, 5) is 15.3. The fraction of sp³-hybridized carbons (Fsp3) is 0.571. The quantitative estimate of drug-likeness (QED) is 0.432. The molecule has 138 valence electrons. The Morgan fingerprint density at radius 3 is 2.52 bits per heavy atom. The minimum Gasteiger partial charge on any atom is -0.465 e. The maximum Gasteiger partial charge on any atom is 0.323 e. The van der Waals surface area contributed by atoms with Crippen LogP contribution in [0.15, 0.2) is 30.5 Å². The lowest BCUT2D eigenvalue weighted by Gasteiger charge is -2.11. The number of carbonyl (C=O) groups is 1. The minimum atomic E-state index is -0.603. The number of para-hydroxylation sites is 1. The van der Waals surface area contributed by atoms with Crippen molar-refractivity contribution >= 4 is 16.9 Å². The van der Waals surface area contributed by atoms with Crippen molar-refractivity contribution in [1.82, 2.24) is 4.98 Å². The van der Waals surface area contributed by atoms with Crippen LogP contribution in [0.4, 0.5) is 0 Å². The van der Waals surface area contributed by atoms with Gasteiger partial charge in [0.15, 0.2) is 0 Å². The zero-order chi connectivity index (χ0) is 17.9. The highest BCUT2D eigenvalue weighted by Gasteiger charge is 2.17. The second-order valence-electron chi connectivity index (χ2n) is 6.81. The van der Waals surface area contributed by atoms with Gasteiger partial charge in [0.05, 0.1) is 6.61 Å². The molecule has 0 aliphatic heterocycles. The third kappa shape index (κ3) is 6.54. The van der Waals surface area contributed by atoms with Gasteiger partial charge in [0, 0.05) is 23.5 Å². The van der Waals surface area contributed by atoms with E-state index in [-0.39, 0.29) is 5.97 Å². The molecular weight excluding hydrogens is 312 g/mol. The number of unbranched alkanes of at least 4 members (excludes halogenated alkanes) is 7. The Labute approximate surface area is 151 Å². The number of aromatic nitrogens is 1. The van der Waals surface area contributed by atoms with Crippen LogP contribution >= 0.6 is 0 Å². The number of hydrogen-bond donors (Lipinski definition) is 2. The predicted octanol–water partition coefficient (Wildman–Crippen LogP) is 4.72.